The molecule has 1 saturated heterocycles. The van der Waals surface area contributed by atoms with Gasteiger partial charge >= 0.3 is 0 Å². The van der Waals surface area contributed by atoms with Crippen LogP contribution in [-0.2, 0) is 0 Å². The Balaban J connectivity index is 1.82. The molecule has 0 saturated carbocycles. The molecule has 0 unspecified atom stereocenters. The van der Waals surface area contributed by atoms with Gasteiger partial charge in [-0.25, -0.2) is 0 Å². The molecule has 1 fully saturated rings. The summed E-state index contributed by atoms with van der Waals surface area (Å²) in [6.45, 7) is 8.18. The lowest BCUT2D eigenvalue weighted by atomic mass is 9.94. The van der Waals surface area contributed by atoms with E-state index in [1.165, 1.54) is 32.5 Å². The molecule has 0 aromatic carbocycles. The average molecular weight is 208 g/mol. The quantitative estimate of drug-likeness (QED) is 0.764. The molecule has 1 aromatic rings. The van der Waals surface area contributed by atoms with Gasteiger partial charge in [0.15, 0.2) is 0 Å². The molecule has 0 spiro atoms. The van der Waals surface area contributed by atoms with E-state index in [1.807, 2.05) is 6.07 Å². The van der Waals surface area contributed by atoms with Gasteiger partial charge in [-0.2, -0.15) is 0 Å². The highest BCUT2D eigenvalue weighted by Gasteiger charge is 2.22. The van der Waals surface area contributed by atoms with Gasteiger partial charge in [0.1, 0.15) is 5.76 Å². The lowest BCUT2D eigenvalue weighted by Crippen LogP contribution is -2.35. The Morgan fingerprint density at radius 3 is 2.73 bits per heavy atom. The molecule has 0 amide bonds. The summed E-state index contributed by atoms with van der Waals surface area (Å²) in [6, 6.07) is 2.00. The Morgan fingerprint density at radius 2 is 2.20 bits per heavy atom. The summed E-state index contributed by atoms with van der Waals surface area (Å²) in [5.74, 6) is 2.43. The van der Waals surface area contributed by atoms with Crippen molar-refractivity contribution < 1.29 is 4.52 Å². The van der Waals surface area contributed by atoms with Gasteiger partial charge in [0.05, 0.1) is 6.20 Å². The van der Waals surface area contributed by atoms with Crippen molar-refractivity contribution in [2.75, 3.05) is 19.6 Å². The van der Waals surface area contributed by atoms with E-state index in [0.717, 1.165) is 11.7 Å². The van der Waals surface area contributed by atoms with Crippen LogP contribution in [0.3, 0.4) is 0 Å². The van der Waals surface area contributed by atoms with Gasteiger partial charge in [0, 0.05) is 18.5 Å². The minimum Gasteiger partial charge on any atom is -0.361 e. The zero-order valence-electron chi connectivity index (χ0n) is 9.65. The molecule has 0 N–H and O–H groups in total. The standard InChI is InChI=1S/C12H20N2O/c1-10(2)9-14-7-4-11(5-8-14)12-3-6-13-15-12/h3,6,10-11H,4-5,7-9H2,1-2H3. The Hall–Kier alpha value is -0.830. The number of hydrogen-bond acceptors (Lipinski definition) is 3. The van der Waals surface area contributed by atoms with Crippen molar-refractivity contribution in [1.29, 1.82) is 0 Å². The van der Waals surface area contributed by atoms with Gasteiger partial charge < -0.3 is 9.42 Å². The molecule has 1 aromatic heterocycles. The van der Waals surface area contributed by atoms with Crippen molar-refractivity contribution in [2.45, 2.75) is 32.6 Å². The minimum absolute atomic E-state index is 0.593. The summed E-state index contributed by atoms with van der Waals surface area (Å²) < 4.78 is 5.22. The van der Waals surface area contributed by atoms with E-state index in [1.54, 1.807) is 6.20 Å². The molecule has 1 aliphatic rings. The highest BCUT2D eigenvalue weighted by molar-refractivity contribution is 5.03. The number of nitrogens with zero attached hydrogens (tertiary/aromatic N) is 2. The molecular weight excluding hydrogens is 188 g/mol. The van der Waals surface area contributed by atoms with Gasteiger partial charge in [-0.15, -0.1) is 0 Å². The maximum absolute atomic E-state index is 5.22. The largest absolute Gasteiger partial charge is 0.361 e. The highest BCUT2D eigenvalue weighted by Crippen LogP contribution is 2.27. The average Bonchev–Trinajstić information content (AvgIpc) is 2.71. The molecule has 1 aliphatic heterocycles. The molecule has 2 heterocycles. The van der Waals surface area contributed by atoms with Crippen LogP contribution in [0, 0.1) is 5.92 Å². The van der Waals surface area contributed by atoms with Crippen LogP contribution >= 0.6 is 0 Å². The number of hydrogen-bond donors (Lipinski definition) is 0. The third kappa shape index (κ3) is 2.81. The fourth-order valence-corrected chi connectivity index (χ4v) is 2.35. The van der Waals surface area contributed by atoms with Crippen molar-refractivity contribution in [3.05, 3.63) is 18.0 Å². The summed E-state index contributed by atoms with van der Waals surface area (Å²) in [5.41, 5.74) is 0. The summed E-state index contributed by atoms with van der Waals surface area (Å²) in [6.07, 6.45) is 4.17. The van der Waals surface area contributed by atoms with Crippen molar-refractivity contribution >= 4 is 0 Å². The molecule has 2 rings (SSSR count). The third-order valence-corrected chi connectivity index (χ3v) is 3.07. The number of piperidine rings is 1. The molecular formula is C12H20N2O. The van der Waals surface area contributed by atoms with Gasteiger partial charge in [-0.05, 0) is 31.8 Å². The van der Waals surface area contributed by atoms with E-state index >= 15 is 0 Å². The molecule has 15 heavy (non-hydrogen) atoms. The number of aromatic nitrogens is 1. The van der Waals surface area contributed by atoms with Crippen LogP contribution in [0.4, 0.5) is 0 Å². The maximum Gasteiger partial charge on any atom is 0.139 e. The summed E-state index contributed by atoms with van der Waals surface area (Å²) in [7, 11) is 0. The van der Waals surface area contributed by atoms with Gasteiger partial charge in [-0.1, -0.05) is 19.0 Å². The Labute approximate surface area is 91.4 Å². The second-order valence-corrected chi connectivity index (χ2v) is 4.88. The van der Waals surface area contributed by atoms with Crippen LogP contribution < -0.4 is 0 Å². The first-order valence-corrected chi connectivity index (χ1v) is 5.88. The van der Waals surface area contributed by atoms with Crippen molar-refractivity contribution in [3.8, 4) is 0 Å². The summed E-state index contributed by atoms with van der Waals surface area (Å²) in [4.78, 5) is 2.55. The minimum atomic E-state index is 0.593. The van der Waals surface area contributed by atoms with E-state index in [0.29, 0.717) is 5.92 Å². The molecule has 0 radical (unpaired) electrons. The molecule has 0 aliphatic carbocycles. The Morgan fingerprint density at radius 1 is 1.47 bits per heavy atom. The topological polar surface area (TPSA) is 29.3 Å². The number of likely N-dealkylation sites (tertiary alicyclic amines) is 1. The second-order valence-electron chi connectivity index (χ2n) is 4.88. The molecule has 3 heteroatoms. The normalized spacial score (nSPS) is 19.9. The second kappa shape index (κ2) is 4.79. The van der Waals surface area contributed by atoms with Crippen LogP contribution in [0.1, 0.15) is 38.4 Å². The lowest BCUT2D eigenvalue weighted by Gasteiger charge is -2.31. The van der Waals surface area contributed by atoms with Crippen LogP contribution in [-0.4, -0.2) is 29.7 Å². The smallest absolute Gasteiger partial charge is 0.139 e. The molecule has 0 bridgehead atoms. The first-order chi connectivity index (χ1) is 7.25. The predicted octanol–water partition coefficient (Wildman–Crippen LogP) is 2.51. The fourth-order valence-electron chi connectivity index (χ4n) is 2.35. The van der Waals surface area contributed by atoms with E-state index in [4.69, 9.17) is 4.52 Å². The highest BCUT2D eigenvalue weighted by atomic mass is 16.5. The zero-order chi connectivity index (χ0) is 10.7. The van der Waals surface area contributed by atoms with Gasteiger partial charge in [0.2, 0.25) is 0 Å². The van der Waals surface area contributed by atoms with Crippen molar-refractivity contribution in [2.24, 2.45) is 5.92 Å². The van der Waals surface area contributed by atoms with Crippen molar-refractivity contribution in [1.82, 2.24) is 10.1 Å². The van der Waals surface area contributed by atoms with Crippen LogP contribution in [0.15, 0.2) is 16.8 Å². The first-order valence-electron chi connectivity index (χ1n) is 5.88. The van der Waals surface area contributed by atoms with E-state index < -0.39 is 0 Å². The van der Waals surface area contributed by atoms with E-state index in [9.17, 15) is 0 Å². The first kappa shape index (κ1) is 10.7. The summed E-state index contributed by atoms with van der Waals surface area (Å²) in [5, 5.41) is 3.78. The fraction of sp³-hybridized carbons (Fsp3) is 0.750. The SMILES string of the molecule is CC(C)CN1CCC(c2ccno2)CC1. The molecule has 0 atom stereocenters. The van der Waals surface area contributed by atoms with E-state index in [2.05, 4.69) is 23.9 Å². The Kier molecular flexibility index (Phi) is 3.41. The van der Waals surface area contributed by atoms with Crippen molar-refractivity contribution in [3.63, 3.8) is 0 Å². The predicted molar refractivity (Wildman–Crippen MR) is 59.8 cm³/mol. The zero-order valence-corrected chi connectivity index (χ0v) is 9.65. The third-order valence-electron chi connectivity index (χ3n) is 3.07. The van der Waals surface area contributed by atoms with Gasteiger partial charge in [0.25, 0.3) is 0 Å². The number of rotatable bonds is 3. The Bertz CT molecular complexity index is 274. The van der Waals surface area contributed by atoms with Crippen LogP contribution in [0.5, 0.6) is 0 Å². The monoisotopic (exact) mass is 208 g/mol. The van der Waals surface area contributed by atoms with Crippen LogP contribution in [0.25, 0.3) is 0 Å². The van der Waals surface area contributed by atoms with Crippen LogP contribution in [0.2, 0.25) is 0 Å². The molecule has 3 nitrogen and oxygen atoms in total. The van der Waals surface area contributed by atoms with Gasteiger partial charge in [-0.3, -0.25) is 0 Å². The molecule has 84 valence electrons. The maximum atomic E-state index is 5.22. The lowest BCUT2D eigenvalue weighted by molar-refractivity contribution is 0.180. The summed E-state index contributed by atoms with van der Waals surface area (Å²) >= 11 is 0. The van der Waals surface area contributed by atoms with E-state index in [-0.39, 0.29) is 0 Å².